The summed E-state index contributed by atoms with van der Waals surface area (Å²) in [5.74, 6) is 2.09. The van der Waals surface area contributed by atoms with E-state index in [0.29, 0.717) is 12.5 Å². The molecule has 1 aliphatic rings. The summed E-state index contributed by atoms with van der Waals surface area (Å²) in [7, 11) is 3.33. The molecule has 1 aromatic rings. The van der Waals surface area contributed by atoms with E-state index in [-0.39, 0.29) is 0 Å². The SMILES string of the molecule is COc1ccc(C2CCC(O)(CN)CC2)c(OC)c1. The van der Waals surface area contributed by atoms with Crippen LogP contribution in [-0.4, -0.2) is 31.5 Å². The highest BCUT2D eigenvalue weighted by atomic mass is 16.5. The Morgan fingerprint density at radius 2 is 1.95 bits per heavy atom. The molecule has 1 aromatic carbocycles. The van der Waals surface area contributed by atoms with Crippen LogP contribution in [0.15, 0.2) is 18.2 Å². The Morgan fingerprint density at radius 3 is 2.47 bits per heavy atom. The molecule has 1 saturated carbocycles. The first kappa shape index (κ1) is 14.2. The normalized spacial score (nSPS) is 27.1. The van der Waals surface area contributed by atoms with Crippen LogP contribution in [0.1, 0.15) is 37.2 Å². The van der Waals surface area contributed by atoms with E-state index in [2.05, 4.69) is 6.07 Å². The molecule has 0 aromatic heterocycles. The maximum Gasteiger partial charge on any atom is 0.126 e. The summed E-state index contributed by atoms with van der Waals surface area (Å²) in [4.78, 5) is 0. The molecule has 0 bridgehead atoms. The lowest BCUT2D eigenvalue weighted by atomic mass is 9.76. The fourth-order valence-electron chi connectivity index (χ4n) is 2.83. The molecular formula is C15H23NO3. The van der Waals surface area contributed by atoms with Crippen LogP contribution in [-0.2, 0) is 0 Å². The van der Waals surface area contributed by atoms with Gasteiger partial charge in [0.25, 0.3) is 0 Å². The second kappa shape index (κ2) is 5.80. The first-order chi connectivity index (χ1) is 9.11. The van der Waals surface area contributed by atoms with Crippen LogP contribution in [0.3, 0.4) is 0 Å². The summed E-state index contributed by atoms with van der Waals surface area (Å²) in [6, 6.07) is 5.94. The van der Waals surface area contributed by atoms with Gasteiger partial charge in [-0.2, -0.15) is 0 Å². The van der Waals surface area contributed by atoms with Crippen molar-refractivity contribution in [2.75, 3.05) is 20.8 Å². The van der Waals surface area contributed by atoms with Crippen LogP contribution in [0.5, 0.6) is 11.5 Å². The molecule has 0 saturated heterocycles. The molecule has 0 spiro atoms. The zero-order valence-corrected chi connectivity index (χ0v) is 11.7. The third kappa shape index (κ3) is 3.01. The quantitative estimate of drug-likeness (QED) is 0.874. The Morgan fingerprint density at radius 1 is 1.26 bits per heavy atom. The molecule has 106 valence electrons. The molecule has 0 atom stereocenters. The fourth-order valence-corrected chi connectivity index (χ4v) is 2.83. The number of ether oxygens (including phenoxy) is 2. The van der Waals surface area contributed by atoms with Crippen LogP contribution in [0.4, 0.5) is 0 Å². The topological polar surface area (TPSA) is 64.7 Å². The molecule has 19 heavy (non-hydrogen) atoms. The molecule has 0 amide bonds. The van der Waals surface area contributed by atoms with Gasteiger partial charge in [0.1, 0.15) is 11.5 Å². The summed E-state index contributed by atoms with van der Waals surface area (Å²) in [5, 5.41) is 10.2. The maximum atomic E-state index is 10.2. The van der Waals surface area contributed by atoms with Crippen LogP contribution >= 0.6 is 0 Å². The van der Waals surface area contributed by atoms with Crippen molar-refractivity contribution in [2.24, 2.45) is 5.73 Å². The molecule has 1 aliphatic carbocycles. The number of methoxy groups -OCH3 is 2. The monoisotopic (exact) mass is 265 g/mol. The van der Waals surface area contributed by atoms with E-state index in [9.17, 15) is 5.11 Å². The lowest BCUT2D eigenvalue weighted by Crippen LogP contribution is -2.40. The molecule has 0 unspecified atom stereocenters. The first-order valence-electron chi connectivity index (χ1n) is 6.76. The molecule has 4 heteroatoms. The van der Waals surface area contributed by atoms with Crippen molar-refractivity contribution in [1.82, 2.24) is 0 Å². The fraction of sp³-hybridized carbons (Fsp3) is 0.600. The van der Waals surface area contributed by atoms with Gasteiger partial charge in [-0.3, -0.25) is 0 Å². The number of rotatable bonds is 4. The molecule has 2 rings (SSSR count). The van der Waals surface area contributed by atoms with E-state index in [0.717, 1.165) is 37.2 Å². The van der Waals surface area contributed by atoms with Gasteiger partial charge < -0.3 is 20.3 Å². The summed E-state index contributed by atoms with van der Waals surface area (Å²) < 4.78 is 10.7. The third-order valence-electron chi connectivity index (χ3n) is 4.18. The van der Waals surface area contributed by atoms with E-state index >= 15 is 0 Å². The molecule has 1 fully saturated rings. The van der Waals surface area contributed by atoms with Gasteiger partial charge >= 0.3 is 0 Å². The summed E-state index contributed by atoms with van der Waals surface area (Å²) >= 11 is 0. The van der Waals surface area contributed by atoms with Crippen molar-refractivity contribution in [3.63, 3.8) is 0 Å². The van der Waals surface area contributed by atoms with E-state index in [4.69, 9.17) is 15.2 Å². The van der Waals surface area contributed by atoms with Crippen molar-refractivity contribution in [3.05, 3.63) is 23.8 Å². The summed E-state index contributed by atoms with van der Waals surface area (Å²) in [5.41, 5.74) is 6.15. The minimum absolute atomic E-state index is 0.347. The Kier molecular flexibility index (Phi) is 4.32. The van der Waals surface area contributed by atoms with Crippen LogP contribution in [0.25, 0.3) is 0 Å². The Hall–Kier alpha value is -1.26. The van der Waals surface area contributed by atoms with E-state index in [1.54, 1.807) is 14.2 Å². The lowest BCUT2D eigenvalue weighted by Gasteiger charge is -2.35. The van der Waals surface area contributed by atoms with Crippen LogP contribution < -0.4 is 15.2 Å². The van der Waals surface area contributed by atoms with Crippen molar-refractivity contribution in [1.29, 1.82) is 0 Å². The molecule has 0 aliphatic heterocycles. The van der Waals surface area contributed by atoms with Gasteiger partial charge in [-0.15, -0.1) is 0 Å². The van der Waals surface area contributed by atoms with Crippen LogP contribution in [0, 0.1) is 0 Å². The summed E-state index contributed by atoms with van der Waals surface area (Å²) in [6.07, 6.45) is 3.39. The van der Waals surface area contributed by atoms with E-state index in [1.807, 2.05) is 12.1 Å². The van der Waals surface area contributed by atoms with Crippen molar-refractivity contribution in [2.45, 2.75) is 37.2 Å². The van der Waals surface area contributed by atoms with Crippen LogP contribution in [0.2, 0.25) is 0 Å². The third-order valence-corrected chi connectivity index (χ3v) is 4.18. The van der Waals surface area contributed by atoms with Gasteiger partial charge in [-0.25, -0.2) is 0 Å². The number of hydrogen-bond acceptors (Lipinski definition) is 4. The number of nitrogens with two attached hydrogens (primary N) is 1. The Bertz CT molecular complexity index is 425. The van der Waals surface area contributed by atoms with Gasteiger partial charge in [0.15, 0.2) is 0 Å². The number of benzene rings is 1. The standard InChI is InChI=1S/C15H23NO3/c1-18-12-3-4-13(14(9-12)19-2)11-5-7-15(17,10-16)8-6-11/h3-4,9,11,17H,5-8,10,16H2,1-2H3. The number of aliphatic hydroxyl groups is 1. The van der Waals surface area contributed by atoms with Crippen molar-refractivity contribution in [3.8, 4) is 11.5 Å². The average molecular weight is 265 g/mol. The predicted molar refractivity (Wildman–Crippen MR) is 74.8 cm³/mol. The van der Waals surface area contributed by atoms with E-state index < -0.39 is 5.60 Å². The lowest BCUT2D eigenvalue weighted by molar-refractivity contribution is 0.00748. The zero-order chi connectivity index (χ0) is 13.9. The molecule has 4 nitrogen and oxygen atoms in total. The minimum Gasteiger partial charge on any atom is -0.497 e. The second-order valence-corrected chi connectivity index (χ2v) is 5.31. The minimum atomic E-state index is -0.670. The maximum absolute atomic E-state index is 10.2. The summed E-state index contributed by atoms with van der Waals surface area (Å²) in [6.45, 7) is 0.347. The van der Waals surface area contributed by atoms with Gasteiger partial charge in [0.2, 0.25) is 0 Å². The average Bonchev–Trinajstić information content (AvgIpc) is 2.47. The van der Waals surface area contributed by atoms with Gasteiger partial charge in [-0.05, 0) is 43.2 Å². The second-order valence-electron chi connectivity index (χ2n) is 5.31. The molecular weight excluding hydrogens is 242 g/mol. The molecule has 0 radical (unpaired) electrons. The Labute approximate surface area is 114 Å². The zero-order valence-electron chi connectivity index (χ0n) is 11.7. The highest BCUT2D eigenvalue weighted by Crippen LogP contribution is 2.41. The van der Waals surface area contributed by atoms with E-state index in [1.165, 1.54) is 5.56 Å². The first-order valence-corrected chi connectivity index (χ1v) is 6.76. The molecule has 0 heterocycles. The molecule has 3 N–H and O–H groups in total. The largest absolute Gasteiger partial charge is 0.497 e. The van der Waals surface area contributed by atoms with Gasteiger partial charge in [-0.1, -0.05) is 6.07 Å². The van der Waals surface area contributed by atoms with Crippen molar-refractivity contribution >= 4 is 0 Å². The predicted octanol–water partition coefficient (Wildman–Crippen LogP) is 2.05. The van der Waals surface area contributed by atoms with Gasteiger partial charge in [0.05, 0.1) is 19.8 Å². The van der Waals surface area contributed by atoms with Gasteiger partial charge in [0, 0.05) is 12.6 Å². The highest BCUT2D eigenvalue weighted by Gasteiger charge is 2.33. The van der Waals surface area contributed by atoms with Crippen molar-refractivity contribution < 1.29 is 14.6 Å². The Balaban J connectivity index is 2.15. The number of hydrogen-bond donors (Lipinski definition) is 2. The highest BCUT2D eigenvalue weighted by molar-refractivity contribution is 5.43. The smallest absolute Gasteiger partial charge is 0.126 e.